The number of fused-ring (bicyclic) bond motifs is 1. The van der Waals surface area contributed by atoms with Gasteiger partial charge >= 0.3 is 0 Å². The van der Waals surface area contributed by atoms with Crippen LogP contribution in [0.2, 0.25) is 0 Å². The highest BCUT2D eigenvalue weighted by Gasteiger charge is 2.07. The van der Waals surface area contributed by atoms with Gasteiger partial charge in [0.2, 0.25) is 0 Å². The number of amides is 1. The average Bonchev–Trinajstić information content (AvgIpc) is 2.74. The van der Waals surface area contributed by atoms with Crippen molar-refractivity contribution in [3.8, 4) is 0 Å². The second-order valence-electron chi connectivity index (χ2n) is 2.83. The van der Waals surface area contributed by atoms with Crippen molar-refractivity contribution in [3.63, 3.8) is 0 Å². The Morgan fingerprint density at radius 3 is 3.19 bits per heavy atom. The number of hydrogen-bond donors (Lipinski definition) is 4. The summed E-state index contributed by atoms with van der Waals surface area (Å²) in [5.41, 5.74) is 1.51. The molecule has 0 saturated heterocycles. The van der Waals surface area contributed by atoms with Crippen LogP contribution in [0.3, 0.4) is 0 Å². The first-order chi connectivity index (χ1) is 7.70. The van der Waals surface area contributed by atoms with E-state index in [-0.39, 0.29) is 16.5 Å². The Kier molecular flexibility index (Phi) is 2.88. The Bertz CT molecular complexity index is 577. The van der Waals surface area contributed by atoms with Crippen molar-refractivity contribution in [1.29, 1.82) is 0 Å². The quantitative estimate of drug-likeness (QED) is 0.242. The molecule has 84 valence electrons. The molecule has 16 heavy (non-hydrogen) atoms. The van der Waals surface area contributed by atoms with Gasteiger partial charge in [-0.05, 0) is 0 Å². The summed E-state index contributed by atoms with van der Waals surface area (Å²) < 4.78 is 0. The number of carbonyl (C=O) groups excluding carboxylic acids is 1. The summed E-state index contributed by atoms with van der Waals surface area (Å²) in [5, 5.41) is 15.2. The zero-order chi connectivity index (χ0) is 11.5. The molecular formula is C7H7N5O3S. The van der Waals surface area contributed by atoms with Crippen LogP contribution in [0.1, 0.15) is 0 Å². The molecule has 8 nitrogen and oxygen atoms in total. The van der Waals surface area contributed by atoms with Gasteiger partial charge in [0.1, 0.15) is 5.39 Å². The van der Waals surface area contributed by atoms with Crippen LogP contribution in [0.15, 0.2) is 16.1 Å². The number of thioether (sulfide) groups is 1. The molecule has 0 spiro atoms. The molecule has 1 amide bonds. The zero-order valence-corrected chi connectivity index (χ0v) is 8.67. The van der Waals surface area contributed by atoms with Crippen molar-refractivity contribution < 1.29 is 10.0 Å². The van der Waals surface area contributed by atoms with Crippen LogP contribution < -0.4 is 11.0 Å². The van der Waals surface area contributed by atoms with Crippen LogP contribution in [0.25, 0.3) is 11.0 Å². The van der Waals surface area contributed by atoms with E-state index in [2.05, 4.69) is 20.2 Å². The number of nitrogens with one attached hydrogen (secondary N) is 3. The fourth-order valence-corrected chi connectivity index (χ4v) is 1.71. The van der Waals surface area contributed by atoms with Crippen LogP contribution in [0.4, 0.5) is 0 Å². The monoisotopic (exact) mass is 241 g/mol. The number of H-pyrrole nitrogens is 2. The first-order valence-corrected chi connectivity index (χ1v) is 5.18. The fraction of sp³-hybridized carbons (Fsp3) is 0.143. The standard InChI is InChI=1S/C7H7N5O3S/c13-4(12-15)2-16-7-9-5-3(1-8-11-5)6(14)10-7/h1,15H,2H2,(H,12,13)(H2,8,9,10,11,14). The first kappa shape index (κ1) is 10.6. The van der Waals surface area contributed by atoms with E-state index >= 15 is 0 Å². The Morgan fingerprint density at radius 1 is 1.62 bits per heavy atom. The van der Waals surface area contributed by atoms with Gasteiger partial charge in [-0.3, -0.25) is 19.9 Å². The third kappa shape index (κ3) is 2.04. The maximum absolute atomic E-state index is 11.5. The van der Waals surface area contributed by atoms with E-state index in [9.17, 15) is 9.59 Å². The van der Waals surface area contributed by atoms with Crippen molar-refractivity contribution in [2.75, 3.05) is 5.75 Å². The molecule has 9 heteroatoms. The summed E-state index contributed by atoms with van der Waals surface area (Å²) in [6.45, 7) is 0. The number of carbonyl (C=O) groups is 1. The van der Waals surface area contributed by atoms with Gasteiger partial charge in [-0.1, -0.05) is 11.8 Å². The molecule has 2 heterocycles. The summed E-state index contributed by atoms with van der Waals surface area (Å²) in [6, 6.07) is 0. The number of rotatable bonds is 3. The van der Waals surface area contributed by atoms with Gasteiger partial charge in [-0.2, -0.15) is 5.10 Å². The molecule has 0 aromatic carbocycles. The van der Waals surface area contributed by atoms with Gasteiger partial charge in [0.15, 0.2) is 10.8 Å². The molecule has 0 fully saturated rings. The lowest BCUT2D eigenvalue weighted by molar-refractivity contribution is -0.126. The lowest BCUT2D eigenvalue weighted by Crippen LogP contribution is -2.21. The summed E-state index contributed by atoms with van der Waals surface area (Å²) in [7, 11) is 0. The SMILES string of the molecule is O=C(CSc1nc2[nH]ncc2c(=O)[nH]1)NO. The van der Waals surface area contributed by atoms with E-state index in [4.69, 9.17) is 5.21 Å². The van der Waals surface area contributed by atoms with E-state index in [1.54, 1.807) is 0 Å². The van der Waals surface area contributed by atoms with E-state index in [1.165, 1.54) is 11.7 Å². The molecule has 0 bridgehead atoms. The molecular weight excluding hydrogens is 234 g/mol. The Hall–Kier alpha value is -1.87. The third-order valence-corrected chi connectivity index (χ3v) is 2.64. The minimum atomic E-state index is -0.572. The number of aromatic amines is 2. The molecule has 0 unspecified atom stereocenters. The van der Waals surface area contributed by atoms with Gasteiger partial charge in [-0.15, -0.1) is 0 Å². The highest BCUT2D eigenvalue weighted by molar-refractivity contribution is 7.99. The number of nitrogens with zero attached hydrogens (tertiary/aromatic N) is 2. The molecule has 2 rings (SSSR count). The number of aromatic nitrogens is 4. The summed E-state index contributed by atoms with van der Waals surface area (Å²) in [6.07, 6.45) is 1.37. The second-order valence-corrected chi connectivity index (χ2v) is 3.79. The molecule has 0 saturated carbocycles. The molecule has 4 N–H and O–H groups in total. The van der Waals surface area contributed by atoms with Gasteiger partial charge in [0.25, 0.3) is 11.5 Å². The third-order valence-electron chi connectivity index (χ3n) is 1.76. The van der Waals surface area contributed by atoms with Crippen LogP contribution in [-0.2, 0) is 4.79 Å². The Morgan fingerprint density at radius 2 is 2.44 bits per heavy atom. The van der Waals surface area contributed by atoms with Gasteiger partial charge in [0, 0.05) is 0 Å². The molecule has 0 aliphatic heterocycles. The molecule has 0 aliphatic carbocycles. The molecule has 0 aliphatic rings. The highest BCUT2D eigenvalue weighted by atomic mass is 32.2. The smallest absolute Gasteiger partial charge is 0.262 e. The average molecular weight is 241 g/mol. The van der Waals surface area contributed by atoms with Crippen molar-refractivity contribution in [1.82, 2.24) is 25.6 Å². The largest absolute Gasteiger partial charge is 0.301 e. The second kappa shape index (κ2) is 4.33. The predicted molar refractivity (Wildman–Crippen MR) is 55.2 cm³/mol. The van der Waals surface area contributed by atoms with E-state index in [0.29, 0.717) is 11.0 Å². The van der Waals surface area contributed by atoms with Crippen LogP contribution in [-0.4, -0.2) is 37.0 Å². The highest BCUT2D eigenvalue weighted by Crippen LogP contribution is 2.12. The predicted octanol–water partition coefficient (Wildman–Crippen LogP) is -0.756. The molecule has 2 aromatic rings. The lowest BCUT2D eigenvalue weighted by Gasteiger charge is -1.98. The summed E-state index contributed by atoms with van der Waals surface area (Å²) in [4.78, 5) is 28.7. The minimum Gasteiger partial charge on any atom is -0.301 e. The van der Waals surface area contributed by atoms with Crippen molar-refractivity contribution in [2.45, 2.75) is 5.16 Å². The summed E-state index contributed by atoms with van der Waals surface area (Å²) in [5.74, 6) is -0.614. The lowest BCUT2D eigenvalue weighted by atomic mass is 10.4. The topological polar surface area (TPSA) is 124 Å². The maximum Gasteiger partial charge on any atom is 0.262 e. The maximum atomic E-state index is 11.5. The van der Waals surface area contributed by atoms with Gasteiger partial charge in [-0.25, -0.2) is 10.5 Å². The van der Waals surface area contributed by atoms with Crippen LogP contribution >= 0.6 is 11.8 Å². The van der Waals surface area contributed by atoms with E-state index in [0.717, 1.165) is 11.8 Å². The van der Waals surface area contributed by atoms with Crippen LogP contribution in [0, 0.1) is 0 Å². The van der Waals surface area contributed by atoms with E-state index < -0.39 is 5.91 Å². The minimum absolute atomic E-state index is 0.0426. The normalized spacial score (nSPS) is 10.6. The Balaban J connectivity index is 2.25. The Labute approximate surface area is 92.4 Å². The fourth-order valence-electron chi connectivity index (χ4n) is 1.06. The van der Waals surface area contributed by atoms with Gasteiger partial charge < -0.3 is 4.98 Å². The van der Waals surface area contributed by atoms with Crippen molar-refractivity contribution in [3.05, 3.63) is 16.6 Å². The molecule has 0 radical (unpaired) electrons. The van der Waals surface area contributed by atoms with Crippen LogP contribution in [0.5, 0.6) is 0 Å². The zero-order valence-electron chi connectivity index (χ0n) is 7.85. The molecule has 2 aromatic heterocycles. The number of hydrogen-bond acceptors (Lipinski definition) is 6. The van der Waals surface area contributed by atoms with Crippen molar-refractivity contribution in [2.24, 2.45) is 0 Å². The first-order valence-electron chi connectivity index (χ1n) is 4.20. The summed E-state index contributed by atoms with van der Waals surface area (Å²) >= 11 is 0.999. The number of hydroxylamine groups is 1. The molecule has 0 atom stereocenters. The van der Waals surface area contributed by atoms with E-state index in [1.807, 2.05) is 0 Å². The van der Waals surface area contributed by atoms with Gasteiger partial charge in [0.05, 0.1) is 11.9 Å². The van der Waals surface area contributed by atoms with Crippen molar-refractivity contribution >= 4 is 28.7 Å².